The summed E-state index contributed by atoms with van der Waals surface area (Å²) < 4.78 is 5.78. The van der Waals surface area contributed by atoms with Gasteiger partial charge in [0, 0.05) is 38.3 Å². The molecule has 0 amide bonds. The lowest BCUT2D eigenvalue weighted by Crippen LogP contribution is -2.56. The van der Waals surface area contributed by atoms with Crippen molar-refractivity contribution in [1.29, 1.82) is 0 Å². The van der Waals surface area contributed by atoms with Crippen molar-refractivity contribution in [3.8, 4) is 0 Å². The molecule has 0 aromatic carbocycles. The van der Waals surface area contributed by atoms with E-state index in [-0.39, 0.29) is 5.60 Å². The summed E-state index contributed by atoms with van der Waals surface area (Å²) in [6.07, 6.45) is 1.19. The van der Waals surface area contributed by atoms with Crippen LogP contribution in [-0.2, 0) is 4.74 Å². The van der Waals surface area contributed by atoms with Crippen molar-refractivity contribution in [2.24, 2.45) is 0 Å². The second kappa shape index (κ2) is 3.80. The van der Waals surface area contributed by atoms with Gasteiger partial charge in [0.05, 0.1) is 5.60 Å². The van der Waals surface area contributed by atoms with Crippen LogP contribution < -0.4 is 5.32 Å². The smallest absolute Gasteiger partial charge is 0.0781 e. The molecule has 0 saturated carbocycles. The van der Waals surface area contributed by atoms with Crippen LogP contribution in [0.3, 0.4) is 0 Å². The van der Waals surface area contributed by atoms with Gasteiger partial charge >= 0.3 is 0 Å². The van der Waals surface area contributed by atoms with Crippen molar-refractivity contribution in [3.63, 3.8) is 0 Å². The van der Waals surface area contributed by atoms with Crippen molar-refractivity contribution in [1.82, 2.24) is 10.2 Å². The molecule has 0 aliphatic carbocycles. The summed E-state index contributed by atoms with van der Waals surface area (Å²) in [5, 5.41) is 3.48. The normalized spacial score (nSPS) is 38.8. The summed E-state index contributed by atoms with van der Waals surface area (Å²) in [4.78, 5) is 2.59. The summed E-state index contributed by atoms with van der Waals surface area (Å²) in [5.74, 6) is 0. The van der Waals surface area contributed by atoms with E-state index in [0.717, 1.165) is 19.7 Å². The van der Waals surface area contributed by atoms with Crippen LogP contribution in [0, 0.1) is 0 Å². The molecule has 0 aromatic rings. The zero-order valence-electron chi connectivity index (χ0n) is 9.55. The highest BCUT2D eigenvalue weighted by atomic mass is 16.5. The molecule has 2 heterocycles. The fourth-order valence-corrected chi connectivity index (χ4v) is 2.74. The molecule has 3 heteroatoms. The van der Waals surface area contributed by atoms with Crippen molar-refractivity contribution >= 4 is 0 Å². The molecule has 14 heavy (non-hydrogen) atoms. The maximum Gasteiger partial charge on any atom is 0.0781 e. The van der Waals surface area contributed by atoms with E-state index in [9.17, 15) is 0 Å². The van der Waals surface area contributed by atoms with E-state index in [1.807, 2.05) is 0 Å². The van der Waals surface area contributed by atoms with Gasteiger partial charge in [0.1, 0.15) is 0 Å². The van der Waals surface area contributed by atoms with Crippen LogP contribution in [0.15, 0.2) is 0 Å². The largest absolute Gasteiger partial charge is 0.374 e. The van der Waals surface area contributed by atoms with Crippen LogP contribution in [0.2, 0.25) is 0 Å². The number of rotatable bonds is 1. The van der Waals surface area contributed by atoms with Crippen LogP contribution in [0.4, 0.5) is 0 Å². The first-order valence-electron chi connectivity index (χ1n) is 5.71. The predicted octanol–water partition coefficient (Wildman–Crippen LogP) is 0.848. The van der Waals surface area contributed by atoms with Crippen LogP contribution >= 0.6 is 0 Å². The van der Waals surface area contributed by atoms with E-state index in [1.165, 1.54) is 13.0 Å². The molecule has 3 nitrogen and oxygen atoms in total. The molecule has 2 saturated heterocycles. The standard InChI is InChI=1S/C11H22N2O/c1-9-8-13(6-5-12-9)10-4-7-14-11(10,2)3/h9-10,12H,4-8H2,1-3H3. The van der Waals surface area contributed by atoms with E-state index in [4.69, 9.17) is 4.74 Å². The molecule has 2 aliphatic rings. The molecule has 2 aliphatic heterocycles. The highest BCUT2D eigenvalue weighted by Crippen LogP contribution is 2.29. The zero-order chi connectivity index (χ0) is 10.2. The fraction of sp³-hybridized carbons (Fsp3) is 1.00. The SMILES string of the molecule is CC1CN(C2CCOC2(C)C)CCN1. The van der Waals surface area contributed by atoms with Crippen molar-refractivity contribution in [2.45, 2.75) is 44.9 Å². The molecule has 2 unspecified atom stereocenters. The Balaban J connectivity index is 2.00. The minimum Gasteiger partial charge on any atom is -0.374 e. The van der Waals surface area contributed by atoms with Gasteiger partial charge in [-0.1, -0.05) is 0 Å². The summed E-state index contributed by atoms with van der Waals surface area (Å²) in [6, 6.07) is 1.24. The number of piperazine rings is 1. The third-order valence-corrected chi connectivity index (χ3v) is 3.51. The van der Waals surface area contributed by atoms with E-state index in [0.29, 0.717) is 12.1 Å². The van der Waals surface area contributed by atoms with Gasteiger partial charge in [0.15, 0.2) is 0 Å². The second-order valence-corrected chi connectivity index (χ2v) is 5.11. The average molecular weight is 198 g/mol. The molecular formula is C11H22N2O. The van der Waals surface area contributed by atoms with Crippen LogP contribution in [0.25, 0.3) is 0 Å². The van der Waals surface area contributed by atoms with Gasteiger partial charge in [-0.2, -0.15) is 0 Å². The Hall–Kier alpha value is -0.120. The minimum atomic E-state index is 0.0526. The summed E-state index contributed by atoms with van der Waals surface area (Å²) in [6.45, 7) is 11.1. The molecule has 0 radical (unpaired) electrons. The van der Waals surface area contributed by atoms with Gasteiger partial charge in [-0.05, 0) is 27.2 Å². The van der Waals surface area contributed by atoms with Crippen molar-refractivity contribution in [2.75, 3.05) is 26.2 Å². The van der Waals surface area contributed by atoms with Gasteiger partial charge in [-0.3, -0.25) is 4.90 Å². The van der Waals surface area contributed by atoms with Gasteiger partial charge in [-0.25, -0.2) is 0 Å². The van der Waals surface area contributed by atoms with Crippen LogP contribution in [0.5, 0.6) is 0 Å². The highest BCUT2D eigenvalue weighted by Gasteiger charge is 2.40. The van der Waals surface area contributed by atoms with E-state index >= 15 is 0 Å². The lowest BCUT2D eigenvalue weighted by atomic mass is 9.96. The Morgan fingerprint density at radius 1 is 1.43 bits per heavy atom. The molecule has 2 atom stereocenters. The Labute approximate surface area is 86.8 Å². The third-order valence-electron chi connectivity index (χ3n) is 3.51. The zero-order valence-corrected chi connectivity index (χ0v) is 9.55. The average Bonchev–Trinajstić information content (AvgIpc) is 2.45. The van der Waals surface area contributed by atoms with Crippen molar-refractivity contribution < 1.29 is 4.74 Å². The van der Waals surface area contributed by atoms with Crippen LogP contribution in [-0.4, -0.2) is 48.8 Å². The van der Waals surface area contributed by atoms with Gasteiger partial charge in [0.2, 0.25) is 0 Å². The molecule has 0 bridgehead atoms. The van der Waals surface area contributed by atoms with Crippen LogP contribution in [0.1, 0.15) is 27.2 Å². The fourth-order valence-electron chi connectivity index (χ4n) is 2.74. The van der Waals surface area contributed by atoms with Gasteiger partial charge < -0.3 is 10.1 Å². The quantitative estimate of drug-likeness (QED) is 0.676. The highest BCUT2D eigenvalue weighted by molar-refractivity contribution is 4.94. The topological polar surface area (TPSA) is 24.5 Å². The number of hydrogen-bond donors (Lipinski definition) is 1. The molecule has 1 N–H and O–H groups in total. The Morgan fingerprint density at radius 2 is 2.21 bits per heavy atom. The first kappa shape index (κ1) is 10.4. The van der Waals surface area contributed by atoms with Crippen molar-refractivity contribution in [3.05, 3.63) is 0 Å². The maximum absolute atomic E-state index is 5.78. The summed E-state index contributed by atoms with van der Waals surface area (Å²) in [7, 11) is 0. The molecule has 0 aromatic heterocycles. The first-order valence-corrected chi connectivity index (χ1v) is 5.71. The lowest BCUT2D eigenvalue weighted by molar-refractivity contribution is -0.0164. The monoisotopic (exact) mass is 198 g/mol. The Morgan fingerprint density at radius 3 is 2.79 bits per heavy atom. The van der Waals surface area contributed by atoms with E-state index in [2.05, 4.69) is 31.0 Å². The maximum atomic E-state index is 5.78. The van der Waals surface area contributed by atoms with Gasteiger partial charge in [0.25, 0.3) is 0 Å². The molecule has 82 valence electrons. The number of nitrogens with one attached hydrogen (secondary N) is 1. The van der Waals surface area contributed by atoms with E-state index in [1.54, 1.807) is 0 Å². The number of ether oxygens (including phenoxy) is 1. The third kappa shape index (κ3) is 1.95. The van der Waals surface area contributed by atoms with E-state index < -0.39 is 0 Å². The lowest BCUT2D eigenvalue weighted by Gasteiger charge is -2.40. The number of hydrogen-bond acceptors (Lipinski definition) is 3. The number of nitrogens with zero attached hydrogens (tertiary/aromatic N) is 1. The first-order chi connectivity index (χ1) is 6.59. The molecule has 2 fully saturated rings. The second-order valence-electron chi connectivity index (χ2n) is 5.11. The molecular weight excluding hydrogens is 176 g/mol. The molecule has 0 spiro atoms. The Bertz CT molecular complexity index is 205. The summed E-state index contributed by atoms with van der Waals surface area (Å²) >= 11 is 0. The predicted molar refractivity (Wildman–Crippen MR) is 57.5 cm³/mol. The summed E-state index contributed by atoms with van der Waals surface area (Å²) in [5.41, 5.74) is 0.0526. The Kier molecular flexibility index (Phi) is 2.82. The minimum absolute atomic E-state index is 0.0526. The van der Waals surface area contributed by atoms with Gasteiger partial charge in [-0.15, -0.1) is 0 Å². The molecule has 2 rings (SSSR count).